The van der Waals surface area contributed by atoms with Crippen molar-refractivity contribution in [3.8, 4) is 22.6 Å². The highest BCUT2D eigenvalue weighted by molar-refractivity contribution is 8.18. The second kappa shape index (κ2) is 9.22. The maximum atomic E-state index is 12.8. The zero-order valence-corrected chi connectivity index (χ0v) is 18.3. The number of carboxylic acid groups (broad SMARTS) is 1. The first-order chi connectivity index (χ1) is 15.9. The minimum Gasteiger partial charge on any atom is -0.507 e. The Hall–Kier alpha value is -4.04. The number of nitrogens with zero attached hydrogens (tertiary/aromatic N) is 1. The first-order valence-corrected chi connectivity index (χ1v) is 10.7. The van der Waals surface area contributed by atoms with E-state index >= 15 is 0 Å². The highest BCUT2D eigenvalue weighted by Crippen LogP contribution is 2.34. The van der Waals surface area contributed by atoms with Crippen LogP contribution in [-0.2, 0) is 11.3 Å². The largest absolute Gasteiger partial charge is 0.507 e. The Morgan fingerprint density at radius 1 is 1.03 bits per heavy atom. The van der Waals surface area contributed by atoms with Crippen LogP contribution in [0.15, 0.2) is 71.6 Å². The molecular formula is C25H19NO6S. The molecule has 0 radical (unpaired) electrons. The molecule has 0 saturated carbocycles. The first kappa shape index (κ1) is 22.2. The first-order valence-electron chi connectivity index (χ1n) is 9.91. The third-order valence-electron chi connectivity index (χ3n) is 5.12. The van der Waals surface area contributed by atoms with Gasteiger partial charge in [-0.3, -0.25) is 14.5 Å². The lowest BCUT2D eigenvalue weighted by molar-refractivity contribution is -0.123. The van der Waals surface area contributed by atoms with Gasteiger partial charge in [0.2, 0.25) is 0 Å². The van der Waals surface area contributed by atoms with Crippen LogP contribution < -0.4 is 4.74 Å². The fourth-order valence-corrected chi connectivity index (χ4v) is 4.24. The van der Waals surface area contributed by atoms with Crippen molar-refractivity contribution in [2.75, 3.05) is 7.11 Å². The average Bonchev–Trinajstić information content (AvgIpc) is 3.07. The van der Waals surface area contributed by atoms with Gasteiger partial charge in [0.1, 0.15) is 17.1 Å². The van der Waals surface area contributed by atoms with E-state index in [0.29, 0.717) is 16.2 Å². The number of amides is 2. The van der Waals surface area contributed by atoms with Crippen LogP contribution in [0.25, 0.3) is 17.2 Å². The van der Waals surface area contributed by atoms with Crippen molar-refractivity contribution in [2.45, 2.75) is 6.54 Å². The van der Waals surface area contributed by atoms with Gasteiger partial charge in [-0.1, -0.05) is 42.5 Å². The Kier molecular flexibility index (Phi) is 6.19. The predicted molar refractivity (Wildman–Crippen MR) is 125 cm³/mol. The van der Waals surface area contributed by atoms with Gasteiger partial charge >= 0.3 is 5.97 Å². The summed E-state index contributed by atoms with van der Waals surface area (Å²) in [5, 5.41) is 18.5. The van der Waals surface area contributed by atoms with E-state index in [9.17, 15) is 24.6 Å². The van der Waals surface area contributed by atoms with Crippen LogP contribution in [-0.4, -0.2) is 39.3 Å². The van der Waals surface area contributed by atoms with Crippen LogP contribution in [0.4, 0.5) is 4.79 Å². The maximum absolute atomic E-state index is 12.8. The Balaban J connectivity index is 1.52. The SMILES string of the molecule is COc1cccc(CN2C(=O)S/C(=C\c3ccc(-c4ccc(O)c(C(=O)O)c4)cc3)C2=O)c1. The van der Waals surface area contributed by atoms with Crippen molar-refractivity contribution in [1.29, 1.82) is 0 Å². The van der Waals surface area contributed by atoms with Gasteiger partial charge in [-0.15, -0.1) is 0 Å². The molecule has 1 heterocycles. The van der Waals surface area contributed by atoms with Crippen LogP contribution in [0.5, 0.6) is 11.5 Å². The second-order valence-corrected chi connectivity index (χ2v) is 8.27. The van der Waals surface area contributed by atoms with E-state index < -0.39 is 5.97 Å². The molecule has 2 N–H and O–H groups in total. The molecule has 0 atom stereocenters. The van der Waals surface area contributed by atoms with Crippen LogP contribution in [0.3, 0.4) is 0 Å². The molecule has 0 aromatic heterocycles. The van der Waals surface area contributed by atoms with E-state index in [-0.39, 0.29) is 29.0 Å². The second-order valence-electron chi connectivity index (χ2n) is 7.28. The van der Waals surface area contributed by atoms with Crippen LogP contribution >= 0.6 is 11.8 Å². The van der Waals surface area contributed by atoms with Crippen molar-refractivity contribution in [3.05, 3.63) is 88.3 Å². The third kappa shape index (κ3) is 4.75. The minimum atomic E-state index is -1.21. The maximum Gasteiger partial charge on any atom is 0.339 e. The number of benzene rings is 3. The van der Waals surface area contributed by atoms with E-state index in [2.05, 4.69) is 0 Å². The zero-order chi connectivity index (χ0) is 23.5. The highest BCUT2D eigenvalue weighted by Gasteiger charge is 2.35. The fourth-order valence-electron chi connectivity index (χ4n) is 3.40. The lowest BCUT2D eigenvalue weighted by Crippen LogP contribution is -2.27. The number of hydrogen-bond acceptors (Lipinski definition) is 6. The number of rotatable bonds is 6. The number of aromatic carboxylic acids is 1. The molecule has 7 nitrogen and oxygen atoms in total. The van der Waals surface area contributed by atoms with E-state index in [1.54, 1.807) is 61.7 Å². The van der Waals surface area contributed by atoms with Crippen molar-refractivity contribution in [3.63, 3.8) is 0 Å². The van der Waals surface area contributed by atoms with Crippen molar-refractivity contribution < 1.29 is 29.3 Å². The summed E-state index contributed by atoms with van der Waals surface area (Å²) in [5.74, 6) is -1.22. The van der Waals surface area contributed by atoms with Gasteiger partial charge in [-0.25, -0.2) is 4.79 Å². The van der Waals surface area contributed by atoms with Gasteiger partial charge in [0.15, 0.2) is 0 Å². The lowest BCUT2D eigenvalue weighted by atomic mass is 10.0. The third-order valence-corrected chi connectivity index (χ3v) is 6.02. The Labute approximate surface area is 193 Å². The van der Waals surface area contributed by atoms with Gasteiger partial charge in [0.25, 0.3) is 11.1 Å². The molecule has 1 fully saturated rings. The number of imide groups is 1. The molecule has 33 heavy (non-hydrogen) atoms. The van der Waals surface area contributed by atoms with E-state index in [4.69, 9.17) is 4.74 Å². The summed E-state index contributed by atoms with van der Waals surface area (Å²) in [5.41, 5.74) is 2.72. The lowest BCUT2D eigenvalue weighted by Gasteiger charge is -2.13. The minimum absolute atomic E-state index is 0.158. The number of carbonyl (C=O) groups is 3. The number of methoxy groups -OCH3 is 1. The number of ether oxygens (including phenoxy) is 1. The summed E-state index contributed by atoms with van der Waals surface area (Å²) in [6.45, 7) is 0.158. The van der Waals surface area contributed by atoms with Gasteiger partial charge in [0.05, 0.1) is 18.6 Å². The van der Waals surface area contributed by atoms with Crippen molar-refractivity contribution >= 4 is 35.0 Å². The molecule has 1 saturated heterocycles. The quantitative estimate of drug-likeness (QED) is 0.498. The van der Waals surface area contributed by atoms with Crippen LogP contribution in [0.1, 0.15) is 21.5 Å². The number of hydrogen-bond donors (Lipinski definition) is 2. The monoisotopic (exact) mass is 461 g/mol. The van der Waals surface area contributed by atoms with Crippen molar-refractivity contribution in [2.24, 2.45) is 0 Å². The molecule has 0 spiro atoms. The van der Waals surface area contributed by atoms with Gasteiger partial charge in [-0.2, -0.15) is 0 Å². The smallest absolute Gasteiger partial charge is 0.339 e. The molecule has 0 aliphatic carbocycles. The van der Waals surface area contributed by atoms with Gasteiger partial charge < -0.3 is 14.9 Å². The molecule has 2 amide bonds. The van der Waals surface area contributed by atoms with E-state index in [1.807, 2.05) is 6.07 Å². The number of aromatic hydroxyl groups is 1. The standard InChI is InChI=1S/C25H19NO6S/c1-32-19-4-2-3-16(11-19)14-26-23(28)22(33-25(26)31)12-15-5-7-17(8-6-15)18-9-10-21(27)20(13-18)24(29)30/h2-13,27H,14H2,1H3,(H,29,30)/b22-12-. The number of thioether (sulfide) groups is 1. The normalized spacial score (nSPS) is 14.7. The molecule has 1 aliphatic rings. The average molecular weight is 461 g/mol. The highest BCUT2D eigenvalue weighted by atomic mass is 32.2. The molecular weight excluding hydrogens is 442 g/mol. The molecule has 4 rings (SSSR count). The van der Waals surface area contributed by atoms with E-state index in [0.717, 1.165) is 28.5 Å². The van der Waals surface area contributed by atoms with E-state index in [1.165, 1.54) is 17.0 Å². The number of phenols is 1. The molecule has 0 bridgehead atoms. The summed E-state index contributed by atoms with van der Waals surface area (Å²) < 4.78 is 5.19. The van der Waals surface area contributed by atoms with Crippen molar-refractivity contribution in [1.82, 2.24) is 4.90 Å². The summed E-state index contributed by atoms with van der Waals surface area (Å²) in [6, 6.07) is 18.7. The predicted octanol–water partition coefficient (Wildman–Crippen LogP) is 5.00. The van der Waals surface area contributed by atoms with Gasteiger partial charge in [0, 0.05) is 0 Å². The molecule has 3 aromatic rings. The summed E-state index contributed by atoms with van der Waals surface area (Å²) >= 11 is 0.887. The fraction of sp³-hybridized carbons (Fsp3) is 0.0800. The van der Waals surface area contributed by atoms with Crippen LogP contribution in [0, 0.1) is 0 Å². The zero-order valence-electron chi connectivity index (χ0n) is 17.5. The Bertz CT molecular complexity index is 1280. The van der Waals surface area contributed by atoms with Gasteiger partial charge in [-0.05, 0) is 64.4 Å². The molecule has 166 valence electrons. The molecule has 0 unspecified atom stereocenters. The topological polar surface area (TPSA) is 104 Å². The molecule has 1 aliphatic heterocycles. The number of carboxylic acids is 1. The Morgan fingerprint density at radius 3 is 2.45 bits per heavy atom. The van der Waals surface area contributed by atoms with Crippen LogP contribution in [0.2, 0.25) is 0 Å². The summed E-state index contributed by atoms with van der Waals surface area (Å²) in [7, 11) is 1.56. The number of carbonyl (C=O) groups excluding carboxylic acids is 2. The Morgan fingerprint density at radius 2 is 1.76 bits per heavy atom. The molecule has 3 aromatic carbocycles. The summed E-state index contributed by atoms with van der Waals surface area (Å²) in [6.07, 6.45) is 1.65. The summed E-state index contributed by atoms with van der Waals surface area (Å²) in [4.78, 5) is 38.0. The molecule has 8 heteroatoms.